The van der Waals surface area contributed by atoms with Gasteiger partial charge < -0.3 is 20.4 Å². The lowest BCUT2D eigenvalue weighted by atomic mass is 9.33. The summed E-state index contributed by atoms with van der Waals surface area (Å²) >= 11 is 0. The van der Waals surface area contributed by atoms with E-state index in [2.05, 4.69) is 40.7 Å². The molecule has 10 atom stereocenters. The second kappa shape index (κ2) is 7.57. The molecule has 0 aliphatic heterocycles. The molecule has 0 aromatic heterocycles. The minimum atomic E-state index is -0.907. The molecule has 4 saturated carbocycles. The summed E-state index contributed by atoms with van der Waals surface area (Å²) in [5.41, 5.74) is -0.0632. The van der Waals surface area contributed by atoms with Gasteiger partial charge in [0.1, 0.15) is 0 Å². The number of carboxylic acids is 1. The van der Waals surface area contributed by atoms with E-state index in [0.717, 1.165) is 51.4 Å². The molecule has 35 heavy (non-hydrogen) atoms. The largest absolute Gasteiger partial charge is 0.481 e. The molecule has 0 heterocycles. The number of hydrogen-bond acceptors (Lipinski definition) is 4. The van der Waals surface area contributed by atoms with Crippen LogP contribution in [0.25, 0.3) is 0 Å². The van der Waals surface area contributed by atoms with Gasteiger partial charge in [-0.25, -0.2) is 0 Å². The number of aliphatic hydroxyl groups excluding tert-OH is 3. The summed E-state index contributed by atoms with van der Waals surface area (Å²) in [4.78, 5) is 12.8. The minimum Gasteiger partial charge on any atom is -0.481 e. The van der Waals surface area contributed by atoms with Crippen molar-refractivity contribution in [2.75, 3.05) is 6.61 Å². The first-order valence-electron chi connectivity index (χ1n) is 14.0. The highest BCUT2D eigenvalue weighted by Crippen LogP contribution is 2.75. The van der Waals surface area contributed by atoms with E-state index in [0.29, 0.717) is 12.3 Å². The molecule has 0 spiro atoms. The molecule has 0 bridgehead atoms. The van der Waals surface area contributed by atoms with Crippen molar-refractivity contribution in [2.24, 2.45) is 50.2 Å². The Balaban J connectivity index is 1.61. The summed E-state index contributed by atoms with van der Waals surface area (Å²) in [6.07, 6.45) is 8.40. The summed E-state index contributed by atoms with van der Waals surface area (Å²) in [7, 11) is 0. The third-order valence-corrected chi connectivity index (χ3v) is 13.2. The second-order valence-corrected chi connectivity index (χ2v) is 15.1. The van der Waals surface area contributed by atoms with Crippen LogP contribution in [0.4, 0.5) is 0 Å². The second-order valence-electron chi connectivity index (χ2n) is 15.1. The van der Waals surface area contributed by atoms with E-state index in [-0.39, 0.29) is 40.1 Å². The molecule has 1 unspecified atom stereocenters. The summed E-state index contributed by atoms with van der Waals surface area (Å²) in [6, 6.07) is 0. The van der Waals surface area contributed by atoms with Gasteiger partial charge in [-0.15, -0.1) is 0 Å². The Morgan fingerprint density at radius 3 is 2.23 bits per heavy atom. The highest BCUT2D eigenvalue weighted by Gasteiger charge is 2.70. The van der Waals surface area contributed by atoms with Crippen LogP contribution >= 0.6 is 0 Å². The SMILES string of the molecule is CC1(C)CC[C@]2(C(=O)O)CC[C@]3(C)C(=CC[C@@H]4[C@@]5(C)C[C@@H](O)[C@@H](O)[C@@](C)(CO)C5CC[C@]43C)[C@H]2C1. The van der Waals surface area contributed by atoms with Gasteiger partial charge in [0, 0.05) is 5.41 Å². The quantitative estimate of drug-likeness (QED) is 0.402. The fourth-order valence-corrected chi connectivity index (χ4v) is 10.8. The average Bonchev–Trinajstić information content (AvgIpc) is 2.77. The van der Waals surface area contributed by atoms with Crippen LogP contribution in [0.15, 0.2) is 11.6 Å². The van der Waals surface area contributed by atoms with Gasteiger partial charge in [-0.1, -0.05) is 53.2 Å². The number of aliphatic hydroxyl groups is 3. The van der Waals surface area contributed by atoms with Crippen molar-refractivity contribution in [3.63, 3.8) is 0 Å². The van der Waals surface area contributed by atoms with Crippen molar-refractivity contribution in [1.82, 2.24) is 0 Å². The fraction of sp³-hybridized carbons (Fsp3) is 0.900. The molecule has 0 amide bonds. The van der Waals surface area contributed by atoms with Gasteiger partial charge in [0.2, 0.25) is 0 Å². The lowest BCUT2D eigenvalue weighted by Crippen LogP contribution is -2.68. The maximum absolute atomic E-state index is 12.8. The summed E-state index contributed by atoms with van der Waals surface area (Å²) < 4.78 is 0. The molecule has 5 aliphatic rings. The molecule has 5 heteroatoms. The fourth-order valence-electron chi connectivity index (χ4n) is 10.8. The Hall–Kier alpha value is -0.910. The van der Waals surface area contributed by atoms with Gasteiger partial charge in [-0.3, -0.25) is 4.79 Å². The number of aliphatic carboxylic acids is 1. The van der Waals surface area contributed by atoms with Crippen molar-refractivity contribution in [2.45, 2.75) is 112 Å². The van der Waals surface area contributed by atoms with Crippen LogP contribution in [0.1, 0.15) is 99.3 Å². The van der Waals surface area contributed by atoms with E-state index in [4.69, 9.17) is 0 Å². The molecule has 0 radical (unpaired) electrons. The number of allylic oxidation sites excluding steroid dienone is 2. The maximum Gasteiger partial charge on any atom is 0.310 e. The molecule has 0 aromatic rings. The zero-order valence-electron chi connectivity index (χ0n) is 22.7. The zero-order chi connectivity index (χ0) is 25.8. The lowest BCUT2D eigenvalue weighted by Gasteiger charge is -2.71. The van der Waals surface area contributed by atoms with E-state index < -0.39 is 29.0 Å². The van der Waals surface area contributed by atoms with E-state index in [1.54, 1.807) is 0 Å². The van der Waals surface area contributed by atoms with Crippen LogP contribution in [0, 0.1) is 50.2 Å². The highest BCUT2D eigenvalue weighted by atomic mass is 16.4. The highest BCUT2D eigenvalue weighted by molar-refractivity contribution is 5.76. The van der Waals surface area contributed by atoms with Gasteiger partial charge in [-0.2, -0.15) is 0 Å². The predicted molar refractivity (Wildman–Crippen MR) is 135 cm³/mol. The monoisotopic (exact) mass is 488 g/mol. The van der Waals surface area contributed by atoms with Crippen LogP contribution in [0.2, 0.25) is 0 Å². The molecular formula is C30H48O5. The smallest absolute Gasteiger partial charge is 0.310 e. The van der Waals surface area contributed by atoms with Crippen molar-refractivity contribution >= 4 is 5.97 Å². The molecule has 5 rings (SSSR count). The van der Waals surface area contributed by atoms with Crippen molar-refractivity contribution in [1.29, 1.82) is 0 Å². The van der Waals surface area contributed by atoms with Crippen LogP contribution in [0.3, 0.4) is 0 Å². The molecule has 0 saturated heterocycles. The van der Waals surface area contributed by atoms with Crippen LogP contribution in [-0.4, -0.2) is 45.2 Å². The third kappa shape index (κ3) is 3.07. The van der Waals surface area contributed by atoms with E-state index in [9.17, 15) is 25.2 Å². The Kier molecular flexibility index (Phi) is 5.56. The molecule has 0 aromatic carbocycles. The van der Waals surface area contributed by atoms with Crippen LogP contribution < -0.4 is 0 Å². The predicted octanol–water partition coefficient (Wildman–Crippen LogP) is 5.18. The Labute approximate surface area is 211 Å². The lowest BCUT2D eigenvalue weighted by molar-refractivity contribution is -0.243. The van der Waals surface area contributed by atoms with E-state index >= 15 is 0 Å². The minimum absolute atomic E-state index is 0.00698. The molecular weight excluding hydrogens is 440 g/mol. The van der Waals surface area contributed by atoms with Gasteiger partial charge >= 0.3 is 5.97 Å². The van der Waals surface area contributed by atoms with Gasteiger partial charge in [0.15, 0.2) is 0 Å². The third-order valence-electron chi connectivity index (χ3n) is 13.2. The first-order valence-corrected chi connectivity index (χ1v) is 14.0. The average molecular weight is 489 g/mol. The van der Waals surface area contributed by atoms with Crippen LogP contribution in [-0.2, 0) is 4.79 Å². The van der Waals surface area contributed by atoms with Crippen molar-refractivity contribution in [3.8, 4) is 0 Å². The Bertz CT molecular complexity index is 941. The molecule has 198 valence electrons. The Morgan fingerprint density at radius 1 is 0.943 bits per heavy atom. The summed E-state index contributed by atoms with van der Waals surface area (Å²) in [5, 5.41) is 42.8. The molecule has 4 N–H and O–H groups in total. The number of fused-ring (bicyclic) bond motifs is 7. The molecule has 5 aliphatic carbocycles. The van der Waals surface area contributed by atoms with Crippen LogP contribution in [0.5, 0.6) is 0 Å². The van der Waals surface area contributed by atoms with Gasteiger partial charge in [-0.05, 0) is 97.2 Å². The Morgan fingerprint density at radius 2 is 1.60 bits per heavy atom. The topological polar surface area (TPSA) is 98.0 Å². The number of carbonyl (C=O) groups is 1. The first-order chi connectivity index (χ1) is 16.1. The van der Waals surface area contributed by atoms with Crippen molar-refractivity contribution in [3.05, 3.63) is 11.6 Å². The number of carboxylic acid groups (broad SMARTS) is 1. The first kappa shape index (κ1) is 25.7. The van der Waals surface area contributed by atoms with Gasteiger partial charge in [0.25, 0.3) is 0 Å². The normalized spacial score (nSPS) is 55.0. The standard InChI is InChI=1S/C30H48O5/c1-25(2)11-13-30(24(34)35)14-12-28(5)18(19(30)15-25)7-8-22-26(3)16-20(32)23(33)27(4,17-31)21(26)9-10-29(22,28)6/h7,19-23,31-33H,8-17H2,1-6H3,(H,34,35)/t19-,20-,21?,22-,23-,26+,27+,28-,29-,30+/m1/s1. The van der Waals surface area contributed by atoms with E-state index in [1.807, 2.05) is 6.92 Å². The number of rotatable bonds is 2. The summed E-state index contributed by atoms with van der Waals surface area (Å²) in [6.45, 7) is 13.6. The number of hydrogen-bond donors (Lipinski definition) is 4. The van der Waals surface area contributed by atoms with Crippen molar-refractivity contribution < 1.29 is 25.2 Å². The zero-order valence-corrected chi connectivity index (χ0v) is 22.7. The molecule has 4 fully saturated rings. The summed E-state index contributed by atoms with van der Waals surface area (Å²) in [5.74, 6) is -0.0472. The molecule has 5 nitrogen and oxygen atoms in total. The van der Waals surface area contributed by atoms with E-state index in [1.165, 1.54) is 5.57 Å². The van der Waals surface area contributed by atoms with Gasteiger partial charge in [0.05, 0.1) is 24.2 Å². The maximum atomic E-state index is 12.8.